The Kier molecular flexibility index (Phi) is 7.68. The summed E-state index contributed by atoms with van der Waals surface area (Å²) in [4.78, 5) is 31.6. The van der Waals surface area contributed by atoms with Crippen LogP contribution in [0.25, 0.3) is 0 Å². The molecule has 7 nitrogen and oxygen atoms in total. The van der Waals surface area contributed by atoms with Gasteiger partial charge in [-0.3, -0.25) is 9.78 Å². The Labute approximate surface area is 204 Å². The summed E-state index contributed by atoms with van der Waals surface area (Å²) in [6, 6.07) is 7.42. The number of nitrogens with one attached hydrogen (secondary N) is 2. The highest BCUT2D eigenvalue weighted by atomic mass is 35.5. The van der Waals surface area contributed by atoms with E-state index in [4.69, 9.17) is 17.3 Å². The van der Waals surface area contributed by atoms with Crippen LogP contribution in [0.2, 0.25) is 5.02 Å². The smallest absolute Gasteiger partial charge is 0.321 e. The lowest BCUT2D eigenvalue weighted by Gasteiger charge is -2.35. The monoisotopic (exact) mass is 487 g/mol. The molecule has 0 spiro atoms. The molecular formula is C25H31ClFN5O2. The third-order valence-corrected chi connectivity index (χ3v) is 7.51. The summed E-state index contributed by atoms with van der Waals surface area (Å²) in [5.41, 5.74) is 7.12. The molecule has 1 aromatic carbocycles. The number of hydrogen-bond donors (Lipinski definition) is 3. The molecule has 1 aromatic heterocycles. The molecule has 2 aliphatic rings. The molecule has 1 atom stereocenters. The van der Waals surface area contributed by atoms with E-state index in [1.807, 2.05) is 0 Å². The summed E-state index contributed by atoms with van der Waals surface area (Å²) in [6.07, 6.45) is 8.03. The average Bonchev–Trinajstić information content (AvgIpc) is 3.34. The SMILES string of the molecule is NC(CNC(=O)C1(c2ccc(F)cc2Cl)CCCC1)C1CCN(C(=O)Nc2ccncc2)CC1. The van der Waals surface area contributed by atoms with Crippen molar-refractivity contribution >= 4 is 29.2 Å². The lowest BCUT2D eigenvalue weighted by atomic mass is 9.77. The van der Waals surface area contributed by atoms with E-state index in [2.05, 4.69) is 15.6 Å². The molecule has 3 amide bonds. The molecular weight excluding hydrogens is 457 g/mol. The van der Waals surface area contributed by atoms with E-state index in [1.54, 1.807) is 35.5 Å². The van der Waals surface area contributed by atoms with E-state index in [0.29, 0.717) is 48.7 Å². The Bertz CT molecular complexity index is 1010. The molecule has 1 aliphatic heterocycles. The minimum absolute atomic E-state index is 0.0943. The number of amides is 3. The maximum atomic E-state index is 13.6. The van der Waals surface area contributed by atoms with Crippen LogP contribution >= 0.6 is 11.6 Å². The van der Waals surface area contributed by atoms with E-state index >= 15 is 0 Å². The van der Waals surface area contributed by atoms with Gasteiger partial charge in [0.1, 0.15) is 5.82 Å². The van der Waals surface area contributed by atoms with Crippen LogP contribution < -0.4 is 16.4 Å². The molecule has 4 rings (SSSR count). The zero-order valence-corrected chi connectivity index (χ0v) is 19.9. The lowest BCUT2D eigenvalue weighted by Crippen LogP contribution is -2.51. The van der Waals surface area contributed by atoms with Gasteiger partial charge in [0, 0.05) is 48.8 Å². The first-order valence-electron chi connectivity index (χ1n) is 11.8. The molecule has 2 fully saturated rings. The molecule has 1 aliphatic carbocycles. The van der Waals surface area contributed by atoms with E-state index in [0.717, 1.165) is 25.7 Å². The molecule has 4 N–H and O–H groups in total. The van der Waals surface area contributed by atoms with Gasteiger partial charge in [-0.15, -0.1) is 0 Å². The maximum Gasteiger partial charge on any atom is 0.321 e. The fourth-order valence-corrected chi connectivity index (χ4v) is 5.54. The summed E-state index contributed by atoms with van der Waals surface area (Å²) < 4.78 is 13.6. The number of rotatable bonds is 6. The molecule has 1 unspecified atom stereocenters. The predicted molar refractivity (Wildman–Crippen MR) is 130 cm³/mol. The summed E-state index contributed by atoms with van der Waals surface area (Å²) in [5.74, 6) is -0.299. The number of urea groups is 1. The van der Waals surface area contributed by atoms with Crippen molar-refractivity contribution in [1.82, 2.24) is 15.2 Å². The molecule has 1 saturated heterocycles. The number of pyridine rings is 1. The fraction of sp³-hybridized carbons (Fsp3) is 0.480. The van der Waals surface area contributed by atoms with Gasteiger partial charge in [-0.1, -0.05) is 30.5 Å². The predicted octanol–water partition coefficient (Wildman–Crippen LogP) is 4.07. The number of hydrogen-bond acceptors (Lipinski definition) is 4. The number of carbonyl (C=O) groups is 2. The van der Waals surface area contributed by atoms with Gasteiger partial charge in [0.2, 0.25) is 5.91 Å². The molecule has 2 heterocycles. The van der Waals surface area contributed by atoms with Gasteiger partial charge >= 0.3 is 6.03 Å². The van der Waals surface area contributed by atoms with Gasteiger partial charge < -0.3 is 21.3 Å². The Morgan fingerprint density at radius 1 is 1.18 bits per heavy atom. The molecule has 0 radical (unpaired) electrons. The highest BCUT2D eigenvalue weighted by Crippen LogP contribution is 2.44. The summed E-state index contributed by atoms with van der Waals surface area (Å²) in [7, 11) is 0. The van der Waals surface area contributed by atoms with Gasteiger partial charge in [0.05, 0.1) is 5.41 Å². The molecule has 9 heteroatoms. The van der Waals surface area contributed by atoms with E-state index < -0.39 is 11.2 Å². The highest BCUT2D eigenvalue weighted by Gasteiger charge is 2.44. The van der Waals surface area contributed by atoms with Crippen LogP contribution in [0, 0.1) is 11.7 Å². The van der Waals surface area contributed by atoms with Crippen molar-refractivity contribution in [2.24, 2.45) is 11.7 Å². The largest absolute Gasteiger partial charge is 0.354 e. The standard InChI is InChI=1S/C25H31ClFN5O2/c26-21-15-18(27)3-4-20(21)25(9-1-2-10-25)23(33)30-16-22(28)17-7-13-32(14-8-17)24(34)31-19-5-11-29-12-6-19/h3-6,11-12,15,17,22H,1-2,7-10,13-14,16,28H2,(H,30,33)(H,29,31,34). The lowest BCUT2D eigenvalue weighted by molar-refractivity contribution is -0.126. The van der Waals surface area contributed by atoms with Crippen LogP contribution in [0.15, 0.2) is 42.7 Å². The third-order valence-electron chi connectivity index (χ3n) is 7.20. The first-order valence-corrected chi connectivity index (χ1v) is 12.2. The molecule has 182 valence electrons. The van der Waals surface area contributed by atoms with Gasteiger partial charge in [-0.2, -0.15) is 0 Å². The molecule has 34 heavy (non-hydrogen) atoms. The second kappa shape index (κ2) is 10.7. The zero-order chi connectivity index (χ0) is 24.1. The Morgan fingerprint density at radius 3 is 2.50 bits per heavy atom. The van der Waals surface area contributed by atoms with Crippen LogP contribution in [0.3, 0.4) is 0 Å². The number of carbonyl (C=O) groups excluding carboxylic acids is 2. The minimum Gasteiger partial charge on any atom is -0.354 e. The van der Waals surface area contributed by atoms with Gasteiger partial charge in [0.15, 0.2) is 0 Å². The fourth-order valence-electron chi connectivity index (χ4n) is 5.19. The Balaban J connectivity index is 1.30. The van der Waals surface area contributed by atoms with Crippen LogP contribution in [0.4, 0.5) is 14.9 Å². The second-order valence-corrected chi connectivity index (χ2v) is 9.68. The van der Waals surface area contributed by atoms with E-state index in [1.165, 1.54) is 12.1 Å². The number of aromatic nitrogens is 1. The maximum absolute atomic E-state index is 13.6. The van der Waals surface area contributed by atoms with Crippen molar-refractivity contribution in [2.75, 3.05) is 25.0 Å². The van der Waals surface area contributed by atoms with Gasteiger partial charge in [-0.05, 0) is 61.4 Å². The summed E-state index contributed by atoms with van der Waals surface area (Å²) >= 11 is 6.33. The quantitative estimate of drug-likeness (QED) is 0.571. The van der Waals surface area contributed by atoms with Crippen molar-refractivity contribution in [1.29, 1.82) is 0 Å². The highest BCUT2D eigenvalue weighted by molar-refractivity contribution is 6.31. The van der Waals surface area contributed by atoms with Crippen molar-refractivity contribution in [3.8, 4) is 0 Å². The number of benzene rings is 1. The number of piperidine rings is 1. The molecule has 1 saturated carbocycles. The summed E-state index contributed by atoms with van der Waals surface area (Å²) in [6.45, 7) is 1.57. The second-order valence-electron chi connectivity index (χ2n) is 9.28. The van der Waals surface area contributed by atoms with E-state index in [-0.39, 0.29) is 23.9 Å². The first-order chi connectivity index (χ1) is 16.4. The Morgan fingerprint density at radius 2 is 1.85 bits per heavy atom. The number of nitrogens with two attached hydrogens (primary N) is 1. The van der Waals surface area contributed by atoms with Crippen LogP contribution in [0.5, 0.6) is 0 Å². The topological polar surface area (TPSA) is 100 Å². The number of anilines is 1. The van der Waals surface area contributed by atoms with Crippen molar-refractivity contribution < 1.29 is 14.0 Å². The van der Waals surface area contributed by atoms with E-state index in [9.17, 15) is 14.0 Å². The molecule has 2 aromatic rings. The molecule has 0 bridgehead atoms. The zero-order valence-electron chi connectivity index (χ0n) is 19.1. The summed E-state index contributed by atoms with van der Waals surface area (Å²) in [5, 5.41) is 6.22. The number of halogens is 2. The van der Waals surface area contributed by atoms with Crippen molar-refractivity contribution in [3.63, 3.8) is 0 Å². The van der Waals surface area contributed by atoms with Crippen molar-refractivity contribution in [2.45, 2.75) is 50.0 Å². The normalized spacial score (nSPS) is 19.0. The van der Waals surface area contributed by atoms with Crippen LogP contribution in [0.1, 0.15) is 44.1 Å². The first kappa shape index (κ1) is 24.4. The van der Waals surface area contributed by atoms with Crippen LogP contribution in [-0.4, -0.2) is 47.5 Å². The minimum atomic E-state index is -0.737. The van der Waals surface area contributed by atoms with Gasteiger partial charge in [0.25, 0.3) is 0 Å². The third kappa shape index (κ3) is 5.33. The number of likely N-dealkylation sites (tertiary alicyclic amines) is 1. The van der Waals surface area contributed by atoms with Crippen LogP contribution in [-0.2, 0) is 10.2 Å². The van der Waals surface area contributed by atoms with Crippen molar-refractivity contribution in [3.05, 3.63) is 59.1 Å². The number of nitrogens with zero attached hydrogens (tertiary/aromatic N) is 2. The Hall–Kier alpha value is -2.71. The average molecular weight is 488 g/mol. The van der Waals surface area contributed by atoms with Gasteiger partial charge in [-0.25, -0.2) is 9.18 Å².